The van der Waals surface area contributed by atoms with Crippen LogP contribution in [0.2, 0.25) is 0 Å². The molecule has 8 heterocycles. The number of halogens is 1. The highest BCUT2D eigenvalue weighted by Gasteiger charge is 2.21. The third-order valence-corrected chi connectivity index (χ3v) is 10.0. The zero-order valence-corrected chi connectivity index (χ0v) is 33.7. The van der Waals surface area contributed by atoms with E-state index in [-0.39, 0.29) is 5.56 Å². The minimum atomic E-state index is -1.22. The van der Waals surface area contributed by atoms with Crippen LogP contribution in [0.25, 0.3) is 5.52 Å². The van der Waals surface area contributed by atoms with Gasteiger partial charge in [0.2, 0.25) is 0 Å². The molecule has 0 unspecified atom stereocenters. The fraction of sp³-hybridized carbons (Fsp3) is 0.333. The molecule has 3 N–H and O–H groups in total. The number of pyridine rings is 5. The number of fused-ring (bicyclic) bond motifs is 1. The first-order valence-corrected chi connectivity index (χ1v) is 19.8. The lowest BCUT2D eigenvalue weighted by Crippen LogP contribution is -2.46. The second kappa shape index (κ2) is 22.5. The van der Waals surface area contributed by atoms with E-state index in [1.54, 1.807) is 55.1 Å². The van der Waals surface area contributed by atoms with Crippen molar-refractivity contribution in [2.24, 2.45) is 0 Å². The Morgan fingerprint density at radius 2 is 1.26 bits per heavy atom. The maximum absolute atomic E-state index is 12.4. The average molecular weight is 846 g/mol. The van der Waals surface area contributed by atoms with E-state index >= 15 is 0 Å². The van der Waals surface area contributed by atoms with Crippen LogP contribution in [0.5, 0.6) is 0 Å². The molecule has 58 heavy (non-hydrogen) atoms. The normalized spacial score (nSPS) is 15.1. The number of carboxylic acid groups (broad SMARTS) is 1. The van der Waals surface area contributed by atoms with Crippen molar-refractivity contribution in [2.45, 2.75) is 25.8 Å². The molecule has 15 nitrogen and oxygen atoms in total. The molecule has 0 spiro atoms. The van der Waals surface area contributed by atoms with Crippen LogP contribution in [0.4, 0.5) is 11.4 Å². The van der Waals surface area contributed by atoms with Gasteiger partial charge in [-0.3, -0.25) is 14.1 Å². The van der Waals surface area contributed by atoms with Gasteiger partial charge in [-0.05, 0) is 102 Å². The van der Waals surface area contributed by atoms with E-state index in [9.17, 15) is 14.7 Å². The SMILES string of the molecule is C1CCNCC1.N#Cc1ccc(Br)cn1.N#Cc1ccc(N2CCN(Cc3cc(C(=O)O)c(=O)n4ccccc34)CC2)cn1.N#Cc1ccc(N2CCNCC2)cn1. The van der Waals surface area contributed by atoms with Gasteiger partial charge in [-0.2, -0.15) is 15.8 Å². The summed E-state index contributed by atoms with van der Waals surface area (Å²) in [5.41, 5.74) is 4.20. The molecule has 0 aliphatic carbocycles. The first-order valence-electron chi connectivity index (χ1n) is 19.0. The Morgan fingerprint density at radius 3 is 1.72 bits per heavy atom. The molecular weight excluding hydrogens is 800 g/mol. The summed E-state index contributed by atoms with van der Waals surface area (Å²) in [7, 11) is 0. The van der Waals surface area contributed by atoms with E-state index in [0.717, 1.165) is 79.3 Å². The minimum Gasteiger partial charge on any atom is -0.477 e. The summed E-state index contributed by atoms with van der Waals surface area (Å²) >= 11 is 3.20. The molecule has 3 saturated heterocycles. The molecule has 5 aromatic heterocycles. The van der Waals surface area contributed by atoms with Crippen LogP contribution in [0.15, 0.2) is 94.7 Å². The number of nitrogens with zero attached hydrogens (tertiary/aromatic N) is 10. The standard InChI is InChI=1S/C21H19N5O3.C10H12N4.C6H3BrN2.C5H11N/c22-12-16-4-5-17(13-23-16)25-9-7-24(8-10-25)14-15-11-18(21(28)29)20(27)26-6-2-1-3-19(15)26;11-7-9-1-2-10(8-13-9)14-5-3-12-4-6-14;7-5-1-2-6(3-8)9-4-5;1-2-4-6-5-3-1/h1-6,11,13H,7-10,14H2,(H,28,29);1-2,8,12H,3-6H2;1-2,4H;6H,1-5H2. The summed E-state index contributed by atoms with van der Waals surface area (Å²) in [5, 5.41) is 41.7. The highest BCUT2D eigenvalue weighted by atomic mass is 79.9. The van der Waals surface area contributed by atoms with E-state index in [1.165, 1.54) is 42.8 Å². The third-order valence-electron chi connectivity index (χ3n) is 9.57. The number of piperidine rings is 1. The van der Waals surface area contributed by atoms with E-state index in [1.807, 2.05) is 42.5 Å². The van der Waals surface area contributed by atoms with Crippen molar-refractivity contribution in [3.05, 3.63) is 128 Å². The van der Waals surface area contributed by atoms with Gasteiger partial charge in [-0.1, -0.05) is 12.5 Å². The molecule has 0 saturated carbocycles. The smallest absolute Gasteiger partial charge is 0.341 e. The largest absolute Gasteiger partial charge is 0.477 e. The van der Waals surface area contributed by atoms with Gasteiger partial charge in [0.1, 0.15) is 40.9 Å². The van der Waals surface area contributed by atoms with E-state index in [2.05, 4.69) is 56.2 Å². The van der Waals surface area contributed by atoms with Crippen LogP contribution in [0.1, 0.15) is 52.3 Å². The van der Waals surface area contributed by atoms with Gasteiger partial charge in [0.25, 0.3) is 5.56 Å². The van der Waals surface area contributed by atoms with E-state index in [0.29, 0.717) is 23.6 Å². The molecule has 298 valence electrons. The number of aromatic nitrogens is 4. The fourth-order valence-electron chi connectivity index (χ4n) is 6.45. The topological polar surface area (TPSA) is 203 Å². The molecule has 5 aromatic rings. The Balaban J connectivity index is 0.000000180. The molecular formula is C42H45BrN12O3. The lowest BCUT2D eigenvalue weighted by molar-refractivity contribution is 0.0694. The minimum absolute atomic E-state index is 0.217. The maximum atomic E-state index is 12.4. The number of carboxylic acids is 1. The van der Waals surface area contributed by atoms with Gasteiger partial charge in [-0.25, -0.2) is 19.7 Å². The van der Waals surface area contributed by atoms with Crippen LogP contribution in [-0.2, 0) is 6.54 Å². The number of piperazine rings is 2. The van der Waals surface area contributed by atoms with Crippen LogP contribution in [-0.4, -0.2) is 101 Å². The molecule has 3 fully saturated rings. The average Bonchev–Trinajstić information content (AvgIpc) is 3.29. The Labute approximate surface area is 346 Å². The van der Waals surface area contributed by atoms with E-state index < -0.39 is 11.5 Å². The highest BCUT2D eigenvalue weighted by Crippen LogP contribution is 2.19. The predicted octanol–water partition coefficient (Wildman–Crippen LogP) is 4.43. The van der Waals surface area contributed by atoms with Gasteiger partial charge >= 0.3 is 5.97 Å². The fourth-order valence-corrected chi connectivity index (χ4v) is 6.69. The Morgan fingerprint density at radius 1 is 0.707 bits per heavy atom. The van der Waals surface area contributed by atoms with Crippen molar-refractivity contribution in [3.8, 4) is 18.2 Å². The zero-order chi connectivity index (χ0) is 41.1. The van der Waals surface area contributed by atoms with Crippen molar-refractivity contribution >= 4 is 38.8 Å². The second-order valence-corrected chi connectivity index (χ2v) is 14.4. The molecule has 0 bridgehead atoms. The first kappa shape index (κ1) is 42.9. The van der Waals surface area contributed by atoms with Gasteiger partial charge < -0.3 is 25.5 Å². The van der Waals surface area contributed by atoms with Crippen LogP contribution in [0, 0.1) is 34.0 Å². The van der Waals surface area contributed by atoms with Crippen LogP contribution < -0.4 is 26.0 Å². The quantitative estimate of drug-likeness (QED) is 0.224. The van der Waals surface area contributed by atoms with Gasteiger partial charge in [0, 0.05) is 75.8 Å². The summed E-state index contributed by atoms with van der Waals surface area (Å²) in [5.74, 6) is -1.22. The number of carbonyl (C=O) groups is 1. The zero-order valence-electron chi connectivity index (χ0n) is 32.1. The van der Waals surface area contributed by atoms with Crippen molar-refractivity contribution in [2.75, 3.05) is 75.2 Å². The predicted molar refractivity (Wildman–Crippen MR) is 224 cm³/mol. The van der Waals surface area contributed by atoms with Gasteiger partial charge in [0.05, 0.1) is 29.3 Å². The molecule has 8 rings (SSSR count). The summed E-state index contributed by atoms with van der Waals surface area (Å²) in [6.45, 7) is 10.3. The summed E-state index contributed by atoms with van der Waals surface area (Å²) < 4.78 is 2.29. The number of aromatic carboxylic acids is 1. The number of nitrogens with one attached hydrogen (secondary N) is 2. The van der Waals surface area contributed by atoms with Crippen LogP contribution in [0.3, 0.4) is 0 Å². The van der Waals surface area contributed by atoms with Crippen molar-refractivity contribution < 1.29 is 9.90 Å². The highest BCUT2D eigenvalue weighted by molar-refractivity contribution is 9.10. The third kappa shape index (κ3) is 12.6. The number of rotatable bonds is 5. The Hall–Kier alpha value is -6.22. The Bertz CT molecular complexity index is 2250. The summed E-state index contributed by atoms with van der Waals surface area (Å²) in [4.78, 5) is 42.6. The number of hydrogen-bond donors (Lipinski definition) is 3. The first-order chi connectivity index (χ1) is 28.3. The van der Waals surface area contributed by atoms with Gasteiger partial charge in [-0.15, -0.1) is 0 Å². The van der Waals surface area contributed by atoms with Crippen LogP contribution >= 0.6 is 15.9 Å². The van der Waals surface area contributed by atoms with Crippen molar-refractivity contribution in [3.63, 3.8) is 0 Å². The van der Waals surface area contributed by atoms with Crippen molar-refractivity contribution in [1.29, 1.82) is 15.8 Å². The molecule has 3 aliphatic heterocycles. The van der Waals surface area contributed by atoms with Gasteiger partial charge in [0.15, 0.2) is 0 Å². The molecule has 0 radical (unpaired) electrons. The molecule has 0 amide bonds. The van der Waals surface area contributed by atoms with Crippen molar-refractivity contribution in [1.82, 2.24) is 34.9 Å². The molecule has 0 aromatic carbocycles. The number of anilines is 2. The summed E-state index contributed by atoms with van der Waals surface area (Å²) in [6, 6.07) is 23.6. The lowest BCUT2D eigenvalue weighted by atomic mass is 10.1. The summed E-state index contributed by atoms with van der Waals surface area (Å²) in [6.07, 6.45) is 10.9. The monoisotopic (exact) mass is 844 g/mol. The number of nitriles is 3. The Kier molecular flexibility index (Phi) is 16.6. The van der Waals surface area contributed by atoms with E-state index in [4.69, 9.17) is 15.8 Å². The second-order valence-electron chi connectivity index (χ2n) is 13.5. The molecule has 16 heteroatoms. The molecule has 0 atom stereocenters. The lowest BCUT2D eigenvalue weighted by Gasteiger charge is -2.36. The number of hydrogen-bond acceptors (Lipinski definition) is 13. The molecule has 3 aliphatic rings. The maximum Gasteiger partial charge on any atom is 0.341 e.